The number of amides is 2. The Morgan fingerprint density at radius 2 is 1.58 bits per heavy atom. The molecule has 4 aromatic rings. The van der Waals surface area contributed by atoms with Gasteiger partial charge in [-0.2, -0.15) is 13.2 Å². The van der Waals surface area contributed by atoms with Crippen LogP contribution in [0.5, 0.6) is 0 Å². The predicted octanol–water partition coefficient (Wildman–Crippen LogP) is 5.80. The monoisotopic (exact) mass is 588 g/mol. The van der Waals surface area contributed by atoms with Gasteiger partial charge in [0.2, 0.25) is 0 Å². The van der Waals surface area contributed by atoms with Crippen molar-refractivity contribution in [1.29, 1.82) is 0 Å². The number of hydrogen-bond acceptors (Lipinski definition) is 4. The number of benzene rings is 4. The van der Waals surface area contributed by atoms with Crippen LogP contribution >= 0.6 is 0 Å². The smallest absolute Gasteiger partial charge is 0.367 e. The highest BCUT2D eigenvalue weighted by molar-refractivity contribution is 6.04. The molecule has 43 heavy (non-hydrogen) atoms. The summed E-state index contributed by atoms with van der Waals surface area (Å²) in [5.74, 6) is -2.57. The number of para-hydroxylation sites is 2. The number of carbonyl (C=O) groups is 2. The van der Waals surface area contributed by atoms with Crippen LogP contribution in [-0.4, -0.2) is 61.7 Å². The maximum atomic E-state index is 14.5. The van der Waals surface area contributed by atoms with E-state index in [0.29, 0.717) is 23.6 Å². The van der Waals surface area contributed by atoms with Gasteiger partial charge in [-0.3, -0.25) is 9.59 Å². The van der Waals surface area contributed by atoms with Gasteiger partial charge in [0.15, 0.2) is 0 Å². The molecule has 0 saturated heterocycles. The summed E-state index contributed by atoms with van der Waals surface area (Å²) in [4.78, 5) is 31.7. The van der Waals surface area contributed by atoms with Crippen molar-refractivity contribution in [2.24, 2.45) is 0 Å². The van der Waals surface area contributed by atoms with Gasteiger partial charge in [0.25, 0.3) is 5.91 Å². The van der Waals surface area contributed by atoms with Gasteiger partial charge in [-0.25, -0.2) is 0 Å². The van der Waals surface area contributed by atoms with Crippen LogP contribution in [0, 0.1) is 0 Å². The van der Waals surface area contributed by atoms with Crippen molar-refractivity contribution in [2.45, 2.75) is 38.1 Å². The van der Waals surface area contributed by atoms with Crippen molar-refractivity contribution in [2.75, 3.05) is 36.5 Å². The Bertz CT molecular complexity index is 1570. The zero-order chi connectivity index (χ0) is 30.6. The minimum absolute atomic E-state index is 0.0764. The molecule has 1 N–H and O–H groups in total. The molecule has 0 aliphatic carbocycles. The number of carbonyl (C=O) groups excluding carboxylic acids is 2. The highest BCUT2D eigenvalue weighted by Gasteiger charge is 2.48. The van der Waals surface area contributed by atoms with E-state index in [1.54, 1.807) is 18.9 Å². The molecule has 0 spiro atoms. The molecular weight excluding hydrogens is 553 g/mol. The quantitative estimate of drug-likeness (QED) is 0.269. The Morgan fingerprint density at radius 3 is 2.30 bits per heavy atom. The lowest BCUT2D eigenvalue weighted by Gasteiger charge is -2.36. The van der Waals surface area contributed by atoms with Crippen LogP contribution in [-0.2, 0) is 22.6 Å². The van der Waals surface area contributed by atoms with E-state index in [-0.39, 0.29) is 19.6 Å². The first kappa shape index (κ1) is 30.1. The first-order chi connectivity index (χ1) is 20.7. The normalized spacial score (nSPS) is 16.1. The largest absolute Gasteiger partial charge is 0.471 e. The van der Waals surface area contributed by atoms with Crippen molar-refractivity contribution < 1.29 is 22.8 Å². The molecule has 4 aromatic carbocycles. The lowest BCUT2D eigenvalue weighted by Crippen LogP contribution is -2.59. The Hall–Kier alpha value is -4.37. The number of likely N-dealkylation sites (N-methyl/N-ethyl adjacent to an activating group) is 1. The number of anilines is 2. The summed E-state index contributed by atoms with van der Waals surface area (Å²) in [5.41, 5.74) is 3.24. The molecule has 1 aliphatic rings. The van der Waals surface area contributed by atoms with E-state index in [4.69, 9.17) is 0 Å². The maximum Gasteiger partial charge on any atom is 0.471 e. The van der Waals surface area contributed by atoms with Crippen LogP contribution in [0.3, 0.4) is 0 Å². The van der Waals surface area contributed by atoms with E-state index in [2.05, 4.69) is 5.32 Å². The van der Waals surface area contributed by atoms with Crippen molar-refractivity contribution in [1.82, 2.24) is 10.2 Å². The topological polar surface area (TPSA) is 55.9 Å². The summed E-state index contributed by atoms with van der Waals surface area (Å²) < 4.78 is 42.1. The Morgan fingerprint density at radius 1 is 0.930 bits per heavy atom. The van der Waals surface area contributed by atoms with Crippen molar-refractivity contribution in [3.8, 4) is 0 Å². The van der Waals surface area contributed by atoms with E-state index in [1.165, 1.54) is 0 Å². The second-order valence-electron chi connectivity index (χ2n) is 10.9. The number of halogens is 3. The number of hydrogen-bond donors (Lipinski definition) is 1. The molecule has 1 heterocycles. The SMILES string of the molecule is CN[C@@H](C)CN(C(=O)C(F)(F)F)[C@H]1CN(CCc2ccccc2)c2ccccc2N(Cc2cccc3ccccc23)C1=O. The summed E-state index contributed by atoms with van der Waals surface area (Å²) in [5, 5.41) is 4.86. The fraction of sp³-hybridized carbons (Fsp3) is 0.294. The second kappa shape index (κ2) is 12.9. The lowest BCUT2D eigenvalue weighted by atomic mass is 10.0. The van der Waals surface area contributed by atoms with Gasteiger partial charge in [0.05, 0.1) is 17.9 Å². The van der Waals surface area contributed by atoms with E-state index >= 15 is 0 Å². The van der Waals surface area contributed by atoms with Crippen LogP contribution in [0.15, 0.2) is 97.1 Å². The molecular formula is C34H35F3N4O2. The molecule has 224 valence electrons. The van der Waals surface area contributed by atoms with E-state index in [1.807, 2.05) is 102 Å². The van der Waals surface area contributed by atoms with Crippen molar-refractivity contribution >= 4 is 34.0 Å². The van der Waals surface area contributed by atoms with Crippen molar-refractivity contribution in [3.05, 3.63) is 108 Å². The molecule has 0 aromatic heterocycles. The fourth-order valence-electron chi connectivity index (χ4n) is 5.66. The van der Waals surface area contributed by atoms with E-state index < -0.39 is 30.1 Å². The fourth-order valence-corrected chi connectivity index (χ4v) is 5.66. The highest BCUT2D eigenvalue weighted by atomic mass is 19.4. The van der Waals surface area contributed by atoms with Gasteiger partial charge < -0.3 is 20.0 Å². The molecule has 6 nitrogen and oxygen atoms in total. The van der Waals surface area contributed by atoms with Gasteiger partial charge in [0.1, 0.15) is 6.04 Å². The van der Waals surface area contributed by atoms with Crippen LogP contribution in [0.4, 0.5) is 24.5 Å². The number of alkyl halides is 3. The Kier molecular flexibility index (Phi) is 9.01. The van der Waals surface area contributed by atoms with Crippen molar-refractivity contribution in [3.63, 3.8) is 0 Å². The lowest BCUT2D eigenvalue weighted by molar-refractivity contribution is -0.188. The molecule has 9 heteroatoms. The van der Waals surface area contributed by atoms with Crippen LogP contribution in [0.25, 0.3) is 10.8 Å². The number of fused-ring (bicyclic) bond motifs is 2. The van der Waals surface area contributed by atoms with E-state index in [9.17, 15) is 22.8 Å². The average molecular weight is 589 g/mol. The molecule has 5 rings (SSSR count). The standard InChI is InChI=1S/C34H35F3N4O2/c1-24(38-2)21-41(33(43)34(35,36)37)31-23-39(20-19-25-11-4-3-5-12-25)29-17-8-9-18-30(29)40(32(31)42)22-27-15-10-14-26-13-6-7-16-28(26)27/h3-18,24,31,38H,19-23H2,1-2H3/t24-,31-/m0/s1. The minimum Gasteiger partial charge on any atom is -0.367 e. The third-order valence-electron chi connectivity index (χ3n) is 8.02. The minimum atomic E-state index is -5.14. The van der Waals surface area contributed by atoms with Crippen LogP contribution in [0.1, 0.15) is 18.1 Å². The van der Waals surface area contributed by atoms with Gasteiger partial charge in [-0.05, 0) is 54.4 Å². The van der Waals surface area contributed by atoms with E-state index in [0.717, 1.165) is 27.6 Å². The Labute approximate surface area is 249 Å². The number of nitrogens with one attached hydrogen (secondary N) is 1. The summed E-state index contributed by atoms with van der Waals surface area (Å²) >= 11 is 0. The summed E-state index contributed by atoms with van der Waals surface area (Å²) in [7, 11) is 1.62. The van der Waals surface area contributed by atoms with Gasteiger partial charge in [-0.1, -0.05) is 84.9 Å². The zero-order valence-electron chi connectivity index (χ0n) is 24.2. The molecule has 0 unspecified atom stereocenters. The first-order valence-corrected chi connectivity index (χ1v) is 14.4. The molecule has 0 radical (unpaired) electrons. The van der Waals surface area contributed by atoms with Gasteiger partial charge >= 0.3 is 12.1 Å². The third kappa shape index (κ3) is 6.67. The zero-order valence-corrected chi connectivity index (χ0v) is 24.2. The summed E-state index contributed by atoms with van der Waals surface area (Å²) in [6.45, 7) is 1.91. The number of rotatable bonds is 9. The maximum absolute atomic E-state index is 14.5. The number of nitrogens with zero attached hydrogens (tertiary/aromatic N) is 3. The predicted molar refractivity (Wildman–Crippen MR) is 164 cm³/mol. The molecule has 0 fully saturated rings. The summed E-state index contributed by atoms with van der Waals surface area (Å²) in [6, 6.07) is 28.9. The molecule has 0 bridgehead atoms. The Balaban J connectivity index is 1.62. The van der Waals surface area contributed by atoms with Gasteiger partial charge in [0, 0.05) is 25.7 Å². The van der Waals surface area contributed by atoms with Crippen LogP contribution in [0.2, 0.25) is 0 Å². The average Bonchev–Trinajstić information content (AvgIpc) is 3.13. The molecule has 0 saturated carbocycles. The molecule has 2 amide bonds. The second-order valence-corrected chi connectivity index (χ2v) is 10.9. The summed E-state index contributed by atoms with van der Waals surface area (Å²) in [6.07, 6.45) is -4.53. The van der Waals surface area contributed by atoms with Gasteiger partial charge in [-0.15, -0.1) is 0 Å². The first-order valence-electron chi connectivity index (χ1n) is 14.4. The molecule has 2 atom stereocenters. The molecule has 1 aliphatic heterocycles. The third-order valence-corrected chi connectivity index (χ3v) is 8.02. The highest BCUT2D eigenvalue weighted by Crippen LogP contribution is 2.36. The van der Waals surface area contributed by atoms with Crippen LogP contribution < -0.4 is 15.1 Å².